The van der Waals surface area contributed by atoms with E-state index in [0.29, 0.717) is 37.4 Å². The molecule has 2 fully saturated rings. The van der Waals surface area contributed by atoms with Gasteiger partial charge in [0.25, 0.3) is 5.56 Å². The topological polar surface area (TPSA) is 87.7 Å². The molecule has 3 aromatic heterocycles. The number of rotatable bonds is 4. The van der Waals surface area contributed by atoms with Gasteiger partial charge in [-0.2, -0.15) is 23.4 Å². The van der Waals surface area contributed by atoms with Crippen LogP contribution < -0.4 is 5.56 Å². The van der Waals surface area contributed by atoms with Crippen LogP contribution in [0.5, 0.6) is 0 Å². The molecule has 4 aromatic rings. The first-order valence-electron chi connectivity index (χ1n) is 12.0. The lowest BCUT2D eigenvalue weighted by atomic mass is 9.92. The quantitative estimate of drug-likeness (QED) is 0.367. The van der Waals surface area contributed by atoms with Gasteiger partial charge in [-0.1, -0.05) is 0 Å². The summed E-state index contributed by atoms with van der Waals surface area (Å²) >= 11 is 0. The van der Waals surface area contributed by atoms with Crippen molar-refractivity contribution in [3.05, 3.63) is 69.9 Å². The zero-order valence-electron chi connectivity index (χ0n) is 19.7. The largest absolute Gasteiger partial charge is 0.416 e. The maximum Gasteiger partial charge on any atom is 0.416 e. The molecular formula is C25H22F4N6O2. The summed E-state index contributed by atoms with van der Waals surface area (Å²) in [5.74, 6) is -1.01. The Morgan fingerprint density at radius 3 is 2.62 bits per heavy atom. The average molecular weight is 514 g/mol. The summed E-state index contributed by atoms with van der Waals surface area (Å²) in [7, 11) is 1.46. The Balaban J connectivity index is 1.43. The highest BCUT2D eigenvalue weighted by Gasteiger charge is 2.33. The van der Waals surface area contributed by atoms with Crippen molar-refractivity contribution < 1.29 is 22.3 Å². The third-order valence-corrected chi connectivity index (χ3v) is 6.93. The molecule has 0 unspecified atom stereocenters. The van der Waals surface area contributed by atoms with E-state index in [4.69, 9.17) is 4.74 Å². The summed E-state index contributed by atoms with van der Waals surface area (Å²) in [5, 5.41) is 8.59. The Kier molecular flexibility index (Phi) is 5.59. The molecule has 37 heavy (non-hydrogen) atoms. The lowest BCUT2D eigenvalue weighted by Crippen LogP contribution is -2.24. The van der Waals surface area contributed by atoms with Gasteiger partial charge in [0.05, 0.1) is 41.2 Å². The van der Waals surface area contributed by atoms with Gasteiger partial charge in [0.15, 0.2) is 0 Å². The SMILES string of the molecule is Cn1ncc2c(-c3ccc(C(F)(F)F)cc3F)nc([C@H]3CCO[C@@H](c4cnn(C5CC5)c4)C3)nc2c1=O. The number of ether oxygens (including phenoxy) is 1. The standard InChI is InChI=1S/C25H22F4N6O2/c1-34-24(36)22-18(11-30-34)21(17-5-2-15(9-19(17)26)25(27,28)29)32-23(33-22)13-6-7-37-20(8-13)14-10-31-35(12-14)16-3-4-16/h2,5,9-13,16,20H,3-4,6-8H2,1H3/t13-,20+/m0/s1. The van der Waals surface area contributed by atoms with Crippen molar-refractivity contribution in [1.82, 2.24) is 29.5 Å². The Hall–Kier alpha value is -3.67. The molecular weight excluding hydrogens is 492 g/mol. The van der Waals surface area contributed by atoms with E-state index < -0.39 is 23.1 Å². The Morgan fingerprint density at radius 1 is 1.08 bits per heavy atom. The Labute approximate surface area is 207 Å². The first-order chi connectivity index (χ1) is 17.7. The molecule has 4 heterocycles. The van der Waals surface area contributed by atoms with Crippen LogP contribution in [0.4, 0.5) is 17.6 Å². The minimum absolute atomic E-state index is 0.0287. The summed E-state index contributed by atoms with van der Waals surface area (Å²) in [4.78, 5) is 22.0. The van der Waals surface area contributed by atoms with Crippen LogP contribution in [0.3, 0.4) is 0 Å². The van der Waals surface area contributed by atoms with Crippen LogP contribution in [-0.2, 0) is 18.0 Å². The monoisotopic (exact) mass is 514 g/mol. The molecule has 1 aromatic carbocycles. The number of nitrogens with zero attached hydrogens (tertiary/aromatic N) is 6. The van der Waals surface area contributed by atoms with Gasteiger partial charge in [0.1, 0.15) is 17.2 Å². The molecule has 6 rings (SSSR count). The van der Waals surface area contributed by atoms with Gasteiger partial charge in [-0.05, 0) is 43.9 Å². The second-order valence-electron chi connectivity index (χ2n) is 9.52. The van der Waals surface area contributed by atoms with Crippen LogP contribution >= 0.6 is 0 Å². The van der Waals surface area contributed by atoms with Crippen molar-refractivity contribution in [1.29, 1.82) is 0 Å². The first kappa shape index (κ1) is 23.7. The molecule has 0 radical (unpaired) electrons. The number of alkyl halides is 3. The number of fused-ring (bicyclic) bond motifs is 1. The molecule has 192 valence electrons. The number of aromatic nitrogens is 6. The smallest absolute Gasteiger partial charge is 0.373 e. The van der Waals surface area contributed by atoms with E-state index in [1.807, 2.05) is 10.9 Å². The highest BCUT2D eigenvalue weighted by molar-refractivity contribution is 5.91. The number of hydrogen-bond acceptors (Lipinski definition) is 6. The molecule has 1 aliphatic heterocycles. The average Bonchev–Trinajstić information content (AvgIpc) is 3.61. The fourth-order valence-corrected chi connectivity index (χ4v) is 4.71. The highest BCUT2D eigenvalue weighted by atomic mass is 19.4. The van der Waals surface area contributed by atoms with Gasteiger partial charge in [-0.25, -0.2) is 19.0 Å². The lowest BCUT2D eigenvalue weighted by molar-refractivity contribution is -0.137. The second-order valence-corrected chi connectivity index (χ2v) is 9.52. The summed E-state index contributed by atoms with van der Waals surface area (Å²) in [5.41, 5.74) is -0.788. The van der Waals surface area contributed by atoms with Crippen LogP contribution in [0.1, 0.15) is 60.7 Å². The van der Waals surface area contributed by atoms with Gasteiger partial charge < -0.3 is 4.74 Å². The summed E-state index contributed by atoms with van der Waals surface area (Å²) in [6.45, 7) is 0.420. The van der Waals surface area contributed by atoms with Crippen LogP contribution in [0.15, 0.2) is 41.6 Å². The van der Waals surface area contributed by atoms with E-state index in [1.54, 1.807) is 6.20 Å². The van der Waals surface area contributed by atoms with E-state index in [2.05, 4.69) is 20.2 Å². The van der Waals surface area contributed by atoms with Crippen molar-refractivity contribution in [2.75, 3.05) is 6.61 Å². The molecule has 1 saturated carbocycles. The fraction of sp³-hybridized carbons (Fsp3) is 0.400. The maximum absolute atomic E-state index is 15.0. The van der Waals surface area contributed by atoms with E-state index in [9.17, 15) is 18.0 Å². The summed E-state index contributed by atoms with van der Waals surface area (Å²) in [6.07, 6.45) is 3.44. The second kappa shape index (κ2) is 8.72. The fourth-order valence-electron chi connectivity index (χ4n) is 4.71. The van der Waals surface area contributed by atoms with Gasteiger partial charge in [-0.3, -0.25) is 9.48 Å². The Bertz CT molecular complexity index is 1560. The van der Waals surface area contributed by atoms with Crippen LogP contribution in [0, 0.1) is 5.82 Å². The van der Waals surface area contributed by atoms with Crippen molar-refractivity contribution in [3.8, 4) is 11.3 Å². The number of halogens is 4. The zero-order valence-corrected chi connectivity index (χ0v) is 19.7. The van der Waals surface area contributed by atoms with Crippen LogP contribution in [-0.4, -0.2) is 36.1 Å². The predicted octanol–water partition coefficient (Wildman–Crippen LogP) is 4.72. The third kappa shape index (κ3) is 4.39. The van der Waals surface area contributed by atoms with Gasteiger partial charge in [0, 0.05) is 36.9 Å². The van der Waals surface area contributed by atoms with Crippen molar-refractivity contribution >= 4 is 10.9 Å². The molecule has 0 spiro atoms. The predicted molar refractivity (Wildman–Crippen MR) is 124 cm³/mol. The van der Waals surface area contributed by atoms with Gasteiger partial charge in [0.2, 0.25) is 0 Å². The van der Waals surface area contributed by atoms with Crippen LogP contribution in [0.2, 0.25) is 0 Å². The maximum atomic E-state index is 15.0. The van der Waals surface area contributed by atoms with Crippen LogP contribution in [0.25, 0.3) is 22.2 Å². The molecule has 1 aliphatic carbocycles. The number of benzene rings is 1. The van der Waals surface area contributed by atoms with E-state index >= 15 is 4.39 Å². The van der Waals surface area contributed by atoms with Crippen molar-refractivity contribution in [2.45, 2.75) is 49.9 Å². The molecule has 12 heteroatoms. The van der Waals surface area contributed by atoms with E-state index in [0.717, 1.165) is 35.2 Å². The first-order valence-corrected chi connectivity index (χ1v) is 12.0. The molecule has 2 aliphatic rings. The lowest BCUT2D eigenvalue weighted by Gasteiger charge is -2.28. The van der Waals surface area contributed by atoms with E-state index in [1.165, 1.54) is 13.2 Å². The Morgan fingerprint density at radius 2 is 1.89 bits per heavy atom. The zero-order chi connectivity index (χ0) is 25.9. The van der Waals surface area contributed by atoms with Crippen molar-refractivity contribution in [2.24, 2.45) is 7.05 Å². The third-order valence-electron chi connectivity index (χ3n) is 6.93. The number of hydrogen-bond donors (Lipinski definition) is 0. The summed E-state index contributed by atoms with van der Waals surface area (Å²) in [6, 6.07) is 2.69. The number of aryl methyl sites for hydroxylation is 1. The molecule has 0 bridgehead atoms. The minimum atomic E-state index is -4.69. The van der Waals surface area contributed by atoms with Gasteiger partial charge >= 0.3 is 6.18 Å². The highest BCUT2D eigenvalue weighted by Crippen LogP contribution is 2.40. The van der Waals surface area contributed by atoms with E-state index in [-0.39, 0.29) is 34.2 Å². The minimum Gasteiger partial charge on any atom is -0.373 e. The molecule has 1 saturated heterocycles. The molecule has 0 N–H and O–H groups in total. The normalized spacial score (nSPS) is 20.5. The molecule has 2 atom stereocenters. The molecule has 8 nitrogen and oxygen atoms in total. The summed E-state index contributed by atoms with van der Waals surface area (Å²) < 4.78 is 63.4. The van der Waals surface area contributed by atoms with Crippen molar-refractivity contribution in [3.63, 3.8) is 0 Å². The molecule has 0 amide bonds. The van der Waals surface area contributed by atoms with Gasteiger partial charge in [-0.15, -0.1) is 0 Å².